The van der Waals surface area contributed by atoms with Gasteiger partial charge in [0.05, 0.1) is 0 Å². The van der Waals surface area contributed by atoms with Crippen molar-refractivity contribution in [3.05, 3.63) is 119 Å². The standard InChI is InChI=1S/C28H22O6S2.2Na.2H/c29-35(30,31)27-15-6-4-11-23(27)18-17-22-13-8-14-25(21-9-2-1-3-10-21)26(22)20-19-24-12-5-7-16-28(24)36(32,33)34;;;;/h1-20H,(H,29,30,31)(H,32,33,34);;;;. The van der Waals surface area contributed by atoms with Crippen LogP contribution >= 0.6 is 0 Å². The van der Waals surface area contributed by atoms with Gasteiger partial charge >= 0.3 is 59.1 Å². The van der Waals surface area contributed by atoms with Gasteiger partial charge in [-0.1, -0.05) is 109 Å². The molecular formula is C28H24Na2O6S2. The summed E-state index contributed by atoms with van der Waals surface area (Å²) in [5.41, 5.74) is 3.89. The average Bonchev–Trinajstić information content (AvgIpc) is 2.86. The molecule has 0 aliphatic carbocycles. The molecule has 4 rings (SSSR count). The van der Waals surface area contributed by atoms with Gasteiger partial charge in [-0.2, -0.15) is 16.8 Å². The van der Waals surface area contributed by atoms with Crippen molar-refractivity contribution in [3.63, 3.8) is 0 Å². The molecule has 0 spiro atoms. The summed E-state index contributed by atoms with van der Waals surface area (Å²) in [4.78, 5) is -0.419. The third-order valence-electron chi connectivity index (χ3n) is 5.49. The fourth-order valence-electron chi connectivity index (χ4n) is 3.84. The third kappa shape index (κ3) is 8.09. The zero-order valence-electron chi connectivity index (χ0n) is 18.9. The Hall–Kier alpha value is -1.82. The van der Waals surface area contributed by atoms with E-state index in [-0.39, 0.29) is 68.9 Å². The van der Waals surface area contributed by atoms with Crippen LogP contribution in [0.4, 0.5) is 0 Å². The van der Waals surface area contributed by atoms with E-state index in [0.29, 0.717) is 11.1 Å². The van der Waals surface area contributed by atoms with Gasteiger partial charge in [0, 0.05) is 0 Å². The number of rotatable bonds is 7. The first-order valence-electron chi connectivity index (χ1n) is 10.8. The monoisotopic (exact) mass is 566 g/mol. The van der Waals surface area contributed by atoms with E-state index in [1.54, 1.807) is 48.6 Å². The first-order chi connectivity index (χ1) is 17.1. The van der Waals surface area contributed by atoms with Gasteiger partial charge in [0.15, 0.2) is 0 Å². The number of hydrogen-bond acceptors (Lipinski definition) is 4. The molecule has 4 aromatic carbocycles. The van der Waals surface area contributed by atoms with Crippen molar-refractivity contribution in [2.75, 3.05) is 0 Å². The van der Waals surface area contributed by atoms with Gasteiger partial charge in [0.1, 0.15) is 9.79 Å². The molecule has 6 nitrogen and oxygen atoms in total. The predicted molar refractivity (Wildman–Crippen MR) is 157 cm³/mol. The van der Waals surface area contributed by atoms with E-state index in [1.165, 1.54) is 24.3 Å². The molecule has 38 heavy (non-hydrogen) atoms. The van der Waals surface area contributed by atoms with Crippen LogP contribution in [0.25, 0.3) is 35.4 Å². The Balaban J connectivity index is 0.00000253. The molecule has 10 heteroatoms. The number of benzene rings is 4. The molecule has 0 bridgehead atoms. The quantitative estimate of drug-likeness (QED) is 0.187. The van der Waals surface area contributed by atoms with Gasteiger partial charge in [-0.3, -0.25) is 9.11 Å². The van der Waals surface area contributed by atoms with Crippen LogP contribution in [0.1, 0.15) is 22.3 Å². The number of hydrogen-bond donors (Lipinski definition) is 2. The van der Waals surface area contributed by atoms with Crippen molar-refractivity contribution >= 4 is 104 Å². The zero-order chi connectivity index (χ0) is 25.8. The molecule has 0 radical (unpaired) electrons. The normalized spacial score (nSPS) is 11.7. The Kier molecular flexibility index (Phi) is 11.9. The van der Waals surface area contributed by atoms with Crippen LogP contribution in [-0.4, -0.2) is 85.1 Å². The molecule has 0 aliphatic rings. The van der Waals surface area contributed by atoms with Crippen molar-refractivity contribution in [1.29, 1.82) is 0 Å². The van der Waals surface area contributed by atoms with Crippen LogP contribution in [0.15, 0.2) is 107 Å². The minimum atomic E-state index is -4.42. The second kappa shape index (κ2) is 14.0. The molecule has 0 saturated carbocycles. The summed E-state index contributed by atoms with van der Waals surface area (Å²) in [6, 6.07) is 27.4. The van der Waals surface area contributed by atoms with E-state index >= 15 is 0 Å². The molecule has 186 valence electrons. The van der Waals surface area contributed by atoms with Crippen molar-refractivity contribution in [2.24, 2.45) is 0 Å². The van der Waals surface area contributed by atoms with Crippen molar-refractivity contribution in [2.45, 2.75) is 9.79 Å². The predicted octanol–water partition coefficient (Wildman–Crippen LogP) is 4.89. The molecule has 0 unspecified atom stereocenters. The second-order valence-electron chi connectivity index (χ2n) is 7.87. The molecular weight excluding hydrogens is 542 g/mol. The molecule has 0 aromatic heterocycles. The van der Waals surface area contributed by atoms with Crippen molar-refractivity contribution in [3.8, 4) is 11.1 Å². The molecule has 0 atom stereocenters. The van der Waals surface area contributed by atoms with E-state index in [9.17, 15) is 25.9 Å². The Morgan fingerprint density at radius 2 is 0.895 bits per heavy atom. The van der Waals surface area contributed by atoms with Crippen LogP contribution in [-0.2, 0) is 20.2 Å². The fourth-order valence-corrected chi connectivity index (χ4v) is 5.21. The van der Waals surface area contributed by atoms with Crippen LogP contribution in [0.5, 0.6) is 0 Å². The van der Waals surface area contributed by atoms with E-state index in [4.69, 9.17) is 0 Å². The van der Waals surface area contributed by atoms with E-state index in [0.717, 1.165) is 22.3 Å². The molecule has 0 fully saturated rings. The third-order valence-corrected chi connectivity index (χ3v) is 7.35. The summed E-state index contributed by atoms with van der Waals surface area (Å²) in [6.45, 7) is 0. The van der Waals surface area contributed by atoms with E-state index in [2.05, 4.69) is 0 Å². The summed E-state index contributed by atoms with van der Waals surface area (Å²) >= 11 is 0. The summed E-state index contributed by atoms with van der Waals surface area (Å²) in [7, 11) is -8.83. The molecule has 2 N–H and O–H groups in total. The van der Waals surface area contributed by atoms with Gasteiger partial charge in [0.25, 0.3) is 20.2 Å². The van der Waals surface area contributed by atoms with Gasteiger partial charge in [-0.25, -0.2) is 0 Å². The van der Waals surface area contributed by atoms with Crippen molar-refractivity contribution in [1.82, 2.24) is 0 Å². The zero-order valence-corrected chi connectivity index (χ0v) is 20.5. The first-order valence-corrected chi connectivity index (χ1v) is 13.7. The summed E-state index contributed by atoms with van der Waals surface area (Å²) < 4.78 is 66.4. The Bertz CT molecular complexity index is 1680. The average molecular weight is 567 g/mol. The molecule has 0 saturated heterocycles. The molecule has 4 aromatic rings. The van der Waals surface area contributed by atoms with Gasteiger partial charge in [-0.05, 0) is 45.5 Å². The van der Waals surface area contributed by atoms with Crippen LogP contribution in [0.3, 0.4) is 0 Å². The Morgan fingerprint density at radius 1 is 0.474 bits per heavy atom. The maximum atomic E-state index is 11.8. The topological polar surface area (TPSA) is 109 Å². The maximum absolute atomic E-state index is 11.8. The SMILES string of the molecule is O=S(=O)(O)c1ccccc1C=Cc1cccc(-c2ccccc2)c1C=Cc1ccccc1S(=O)(=O)O.[NaH].[NaH]. The minimum absolute atomic E-state index is 0. The molecule has 0 aliphatic heterocycles. The summed E-state index contributed by atoms with van der Waals surface area (Å²) in [5, 5.41) is 0. The van der Waals surface area contributed by atoms with Gasteiger partial charge in [-0.15, -0.1) is 0 Å². The molecule has 0 amide bonds. The molecule has 0 heterocycles. The van der Waals surface area contributed by atoms with Gasteiger partial charge in [0.2, 0.25) is 0 Å². The van der Waals surface area contributed by atoms with Crippen LogP contribution in [0.2, 0.25) is 0 Å². The summed E-state index contributed by atoms with van der Waals surface area (Å²) in [5.74, 6) is 0. The van der Waals surface area contributed by atoms with E-state index in [1.807, 2.05) is 48.5 Å². The van der Waals surface area contributed by atoms with Crippen LogP contribution in [0, 0.1) is 0 Å². The fraction of sp³-hybridized carbons (Fsp3) is 0. The Labute approximate surface area is 267 Å². The van der Waals surface area contributed by atoms with E-state index < -0.39 is 20.2 Å². The summed E-state index contributed by atoms with van der Waals surface area (Å²) in [6.07, 6.45) is 6.68. The van der Waals surface area contributed by atoms with Crippen molar-refractivity contribution < 1.29 is 25.9 Å². The van der Waals surface area contributed by atoms with Gasteiger partial charge < -0.3 is 0 Å². The first kappa shape index (κ1) is 32.4. The van der Waals surface area contributed by atoms with Crippen LogP contribution < -0.4 is 0 Å². The Morgan fingerprint density at radius 3 is 1.42 bits per heavy atom. The second-order valence-corrected chi connectivity index (χ2v) is 10.6.